The van der Waals surface area contributed by atoms with Crippen LogP contribution < -0.4 is 5.73 Å². The lowest BCUT2D eigenvalue weighted by Gasteiger charge is -2.12. The molecular weight excluding hydrogens is 242 g/mol. The van der Waals surface area contributed by atoms with Gasteiger partial charge >= 0.3 is 0 Å². The molecule has 0 aromatic carbocycles. The maximum atomic E-state index is 5.56. The third kappa shape index (κ3) is 4.58. The van der Waals surface area contributed by atoms with Crippen LogP contribution in [0, 0.1) is 13.8 Å². The molecule has 1 aromatic heterocycles. The SMILES string of the molecule is CCC(C)SCc1nc(C)c(CCCN)c(C)n1. The van der Waals surface area contributed by atoms with E-state index in [0.717, 1.165) is 42.4 Å². The van der Waals surface area contributed by atoms with E-state index in [-0.39, 0.29) is 0 Å². The largest absolute Gasteiger partial charge is 0.330 e. The van der Waals surface area contributed by atoms with Crippen molar-refractivity contribution < 1.29 is 0 Å². The second-order valence-electron chi connectivity index (χ2n) is 4.71. The quantitative estimate of drug-likeness (QED) is 0.825. The molecule has 102 valence electrons. The standard InChI is InChI=1S/C14H25N3S/c1-5-10(2)18-9-14-16-11(3)13(7-6-8-15)12(4)17-14/h10H,5-9,15H2,1-4H3. The van der Waals surface area contributed by atoms with Gasteiger partial charge in [-0.2, -0.15) is 11.8 Å². The fraction of sp³-hybridized carbons (Fsp3) is 0.714. The summed E-state index contributed by atoms with van der Waals surface area (Å²) in [5.74, 6) is 1.88. The Hall–Kier alpha value is -0.610. The molecule has 1 unspecified atom stereocenters. The second-order valence-corrected chi connectivity index (χ2v) is 6.14. The van der Waals surface area contributed by atoms with Crippen molar-refractivity contribution in [1.29, 1.82) is 0 Å². The van der Waals surface area contributed by atoms with Crippen molar-refractivity contribution in [3.63, 3.8) is 0 Å². The number of thioether (sulfide) groups is 1. The van der Waals surface area contributed by atoms with Gasteiger partial charge in [-0.1, -0.05) is 13.8 Å². The summed E-state index contributed by atoms with van der Waals surface area (Å²) < 4.78 is 0. The molecule has 0 fully saturated rings. The number of aryl methyl sites for hydroxylation is 2. The van der Waals surface area contributed by atoms with Crippen LogP contribution in [0.15, 0.2) is 0 Å². The fourth-order valence-corrected chi connectivity index (χ4v) is 2.65. The molecule has 0 aliphatic carbocycles. The van der Waals surface area contributed by atoms with Gasteiger partial charge in [-0.25, -0.2) is 9.97 Å². The van der Waals surface area contributed by atoms with Crippen LogP contribution in [-0.2, 0) is 12.2 Å². The first-order chi connectivity index (χ1) is 8.58. The Kier molecular flexibility index (Phi) is 6.65. The van der Waals surface area contributed by atoms with Crippen LogP contribution >= 0.6 is 11.8 Å². The van der Waals surface area contributed by atoms with E-state index in [9.17, 15) is 0 Å². The van der Waals surface area contributed by atoms with Crippen molar-refractivity contribution in [3.8, 4) is 0 Å². The third-order valence-corrected chi connectivity index (χ3v) is 4.50. The summed E-state index contributed by atoms with van der Waals surface area (Å²) in [7, 11) is 0. The fourth-order valence-electron chi connectivity index (χ4n) is 1.85. The average Bonchev–Trinajstić information content (AvgIpc) is 2.35. The molecule has 1 heterocycles. The van der Waals surface area contributed by atoms with Crippen LogP contribution in [0.5, 0.6) is 0 Å². The van der Waals surface area contributed by atoms with Gasteiger partial charge in [-0.05, 0) is 45.2 Å². The van der Waals surface area contributed by atoms with Crippen LogP contribution in [-0.4, -0.2) is 21.8 Å². The molecule has 0 radical (unpaired) electrons. The minimum atomic E-state index is 0.672. The monoisotopic (exact) mass is 267 g/mol. The van der Waals surface area contributed by atoms with E-state index in [1.807, 2.05) is 11.8 Å². The van der Waals surface area contributed by atoms with Crippen molar-refractivity contribution in [2.24, 2.45) is 5.73 Å². The van der Waals surface area contributed by atoms with E-state index >= 15 is 0 Å². The number of nitrogens with two attached hydrogens (primary N) is 1. The predicted molar refractivity (Wildman–Crippen MR) is 79.9 cm³/mol. The van der Waals surface area contributed by atoms with Gasteiger partial charge in [-0.3, -0.25) is 0 Å². The molecule has 0 spiro atoms. The average molecular weight is 267 g/mol. The zero-order chi connectivity index (χ0) is 13.5. The number of rotatable bonds is 7. The van der Waals surface area contributed by atoms with Crippen LogP contribution in [0.4, 0.5) is 0 Å². The molecule has 2 N–H and O–H groups in total. The topological polar surface area (TPSA) is 51.8 Å². The van der Waals surface area contributed by atoms with Crippen molar-refractivity contribution >= 4 is 11.8 Å². The number of hydrogen-bond donors (Lipinski definition) is 1. The highest BCUT2D eigenvalue weighted by atomic mass is 32.2. The highest BCUT2D eigenvalue weighted by Gasteiger charge is 2.09. The van der Waals surface area contributed by atoms with Gasteiger partial charge in [0.25, 0.3) is 0 Å². The van der Waals surface area contributed by atoms with Gasteiger partial charge in [0, 0.05) is 16.6 Å². The molecule has 4 heteroatoms. The molecule has 0 saturated carbocycles. The van der Waals surface area contributed by atoms with Gasteiger partial charge in [0.15, 0.2) is 0 Å². The van der Waals surface area contributed by atoms with Crippen LogP contribution in [0.25, 0.3) is 0 Å². The smallest absolute Gasteiger partial charge is 0.138 e. The molecule has 0 amide bonds. The van der Waals surface area contributed by atoms with E-state index in [1.165, 1.54) is 12.0 Å². The van der Waals surface area contributed by atoms with Crippen molar-refractivity contribution in [2.75, 3.05) is 6.54 Å². The highest BCUT2D eigenvalue weighted by Crippen LogP contribution is 2.19. The Balaban J connectivity index is 2.73. The zero-order valence-corrected chi connectivity index (χ0v) is 12.8. The lowest BCUT2D eigenvalue weighted by molar-refractivity contribution is 0.796. The maximum Gasteiger partial charge on any atom is 0.138 e. The summed E-state index contributed by atoms with van der Waals surface area (Å²) in [4.78, 5) is 9.24. The molecule has 0 aliphatic heterocycles. The molecular formula is C14H25N3S. The molecule has 1 rings (SSSR count). The molecule has 0 saturated heterocycles. The summed E-state index contributed by atoms with van der Waals surface area (Å²) >= 11 is 1.93. The molecule has 1 aromatic rings. The van der Waals surface area contributed by atoms with Gasteiger partial charge in [-0.15, -0.1) is 0 Å². The number of nitrogens with zero attached hydrogens (tertiary/aromatic N) is 2. The minimum Gasteiger partial charge on any atom is -0.330 e. The lowest BCUT2D eigenvalue weighted by Crippen LogP contribution is -2.08. The maximum absolute atomic E-state index is 5.56. The Morgan fingerprint density at radius 2 is 1.83 bits per heavy atom. The van der Waals surface area contributed by atoms with Crippen LogP contribution in [0.2, 0.25) is 0 Å². The number of aromatic nitrogens is 2. The Morgan fingerprint density at radius 1 is 1.22 bits per heavy atom. The summed E-state index contributed by atoms with van der Waals surface area (Å²) in [6, 6.07) is 0. The highest BCUT2D eigenvalue weighted by molar-refractivity contribution is 7.99. The molecule has 3 nitrogen and oxygen atoms in total. The number of hydrogen-bond acceptors (Lipinski definition) is 4. The van der Waals surface area contributed by atoms with E-state index in [1.54, 1.807) is 0 Å². The Bertz CT molecular complexity index is 356. The first kappa shape index (κ1) is 15.4. The molecule has 18 heavy (non-hydrogen) atoms. The van der Waals surface area contributed by atoms with E-state index in [4.69, 9.17) is 5.73 Å². The van der Waals surface area contributed by atoms with E-state index < -0.39 is 0 Å². The van der Waals surface area contributed by atoms with Gasteiger partial charge in [0.2, 0.25) is 0 Å². The van der Waals surface area contributed by atoms with Crippen molar-refractivity contribution in [3.05, 3.63) is 22.8 Å². The summed E-state index contributed by atoms with van der Waals surface area (Å²) in [5, 5.41) is 0.672. The predicted octanol–water partition coefficient (Wildman–Crippen LogP) is 3.02. The van der Waals surface area contributed by atoms with E-state index in [0.29, 0.717) is 5.25 Å². The van der Waals surface area contributed by atoms with Gasteiger partial charge in [0.05, 0.1) is 5.75 Å². The molecule has 0 bridgehead atoms. The third-order valence-electron chi connectivity index (χ3n) is 3.17. The first-order valence-electron chi connectivity index (χ1n) is 6.73. The van der Waals surface area contributed by atoms with Gasteiger partial charge < -0.3 is 5.73 Å². The van der Waals surface area contributed by atoms with Crippen molar-refractivity contribution in [2.45, 2.75) is 58.0 Å². The normalized spacial score (nSPS) is 12.7. The lowest BCUT2D eigenvalue weighted by atomic mass is 10.1. The van der Waals surface area contributed by atoms with Crippen LogP contribution in [0.1, 0.15) is 49.5 Å². The summed E-state index contributed by atoms with van der Waals surface area (Å²) in [6.07, 6.45) is 3.19. The second kappa shape index (κ2) is 7.74. The zero-order valence-electron chi connectivity index (χ0n) is 12.0. The molecule has 0 aliphatic rings. The Morgan fingerprint density at radius 3 is 2.33 bits per heavy atom. The molecule has 1 atom stereocenters. The van der Waals surface area contributed by atoms with Gasteiger partial charge in [0.1, 0.15) is 5.82 Å². The minimum absolute atomic E-state index is 0.672. The Labute approximate surface area is 115 Å². The van der Waals surface area contributed by atoms with Crippen LogP contribution in [0.3, 0.4) is 0 Å². The summed E-state index contributed by atoms with van der Waals surface area (Å²) in [5.41, 5.74) is 9.08. The van der Waals surface area contributed by atoms with Crippen molar-refractivity contribution in [1.82, 2.24) is 9.97 Å². The van der Waals surface area contributed by atoms with E-state index in [2.05, 4.69) is 37.7 Å². The summed E-state index contributed by atoms with van der Waals surface area (Å²) in [6.45, 7) is 9.35. The first-order valence-corrected chi connectivity index (χ1v) is 7.78.